The van der Waals surface area contributed by atoms with Crippen LogP contribution in [0.1, 0.15) is 60.8 Å². The molecule has 0 aromatic rings. The van der Waals surface area contributed by atoms with Crippen molar-refractivity contribution in [3.8, 4) is 0 Å². The van der Waals surface area contributed by atoms with E-state index in [9.17, 15) is 4.79 Å². The second kappa shape index (κ2) is 3.08. The van der Waals surface area contributed by atoms with Crippen molar-refractivity contribution in [1.29, 1.82) is 0 Å². The number of carbonyl (C=O) groups excluding carboxylic acids is 1. The van der Waals surface area contributed by atoms with Crippen LogP contribution in [0.2, 0.25) is 0 Å². The van der Waals surface area contributed by atoms with Crippen LogP contribution in [0, 0.1) is 16.2 Å². The van der Waals surface area contributed by atoms with Gasteiger partial charge in [-0.2, -0.15) is 0 Å². The summed E-state index contributed by atoms with van der Waals surface area (Å²) < 4.78 is 0. The fraction of sp³-hybridized carbons (Fsp3) is 0.923. The number of hydrogen-bond donors (Lipinski definition) is 0. The van der Waals surface area contributed by atoms with E-state index in [2.05, 4.69) is 41.5 Å². The van der Waals surface area contributed by atoms with Gasteiger partial charge in [-0.25, -0.2) is 0 Å². The van der Waals surface area contributed by atoms with E-state index in [0.717, 1.165) is 19.3 Å². The average Bonchev–Trinajstić information content (AvgIpc) is 2.25. The van der Waals surface area contributed by atoms with Gasteiger partial charge in [0.1, 0.15) is 5.78 Å². The van der Waals surface area contributed by atoms with Crippen LogP contribution in [0.25, 0.3) is 0 Å². The van der Waals surface area contributed by atoms with Gasteiger partial charge in [0.05, 0.1) is 0 Å². The normalized spacial score (nSPS) is 32.3. The molecular weight excluding hydrogens is 172 g/mol. The van der Waals surface area contributed by atoms with E-state index in [1.165, 1.54) is 0 Å². The monoisotopic (exact) mass is 196 g/mol. The van der Waals surface area contributed by atoms with Crippen molar-refractivity contribution >= 4 is 5.78 Å². The molecule has 0 aliphatic heterocycles. The molecular formula is C13H24O. The molecule has 0 aromatic heterocycles. The Labute approximate surface area is 88.3 Å². The molecule has 0 radical (unpaired) electrons. The Morgan fingerprint density at radius 1 is 1.21 bits per heavy atom. The lowest BCUT2D eigenvalue weighted by atomic mass is 9.62. The summed E-state index contributed by atoms with van der Waals surface area (Å²) in [6.45, 7) is 13.0. The molecule has 1 atom stereocenters. The molecule has 14 heavy (non-hydrogen) atoms. The smallest absolute Gasteiger partial charge is 0.145 e. The lowest BCUT2D eigenvalue weighted by Gasteiger charge is -2.41. The Morgan fingerprint density at radius 3 is 1.86 bits per heavy atom. The highest BCUT2D eigenvalue weighted by molar-refractivity contribution is 5.92. The number of Topliss-reactive ketones (excluding diaryl/α,β-unsaturated/α-hetero) is 1. The quantitative estimate of drug-likeness (QED) is 0.623. The van der Waals surface area contributed by atoms with E-state index >= 15 is 0 Å². The Morgan fingerprint density at radius 2 is 1.71 bits per heavy atom. The van der Waals surface area contributed by atoms with E-state index in [-0.39, 0.29) is 16.2 Å². The molecule has 1 rings (SSSR count). The minimum absolute atomic E-state index is 0.0729. The third kappa shape index (κ3) is 1.41. The minimum atomic E-state index is -0.0940. The first kappa shape index (κ1) is 11.7. The Bertz CT molecular complexity index is 244. The molecule has 82 valence electrons. The van der Waals surface area contributed by atoms with Gasteiger partial charge < -0.3 is 0 Å². The van der Waals surface area contributed by atoms with Gasteiger partial charge in [-0.1, -0.05) is 41.5 Å². The topological polar surface area (TPSA) is 17.1 Å². The second-order valence-electron chi connectivity index (χ2n) is 6.40. The van der Waals surface area contributed by atoms with Crippen LogP contribution in [0.4, 0.5) is 0 Å². The molecule has 1 heteroatoms. The first-order valence-corrected chi connectivity index (χ1v) is 5.72. The third-order valence-electron chi connectivity index (χ3n) is 4.27. The Balaban J connectivity index is 3.12. The number of hydrogen-bond acceptors (Lipinski definition) is 1. The van der Waals surface area contributed by atoms with Crippen LogP contribution in [-0.2, 0) is 4.79 Å². The van der Waals surface area contributed by atoms with E-state index in [4.69, 9.17) is 0 Å². The Hall–Kier alpha value is -0.330. The molecule has 1 fully saturated rings. The van der Waals surface area contributed by atoms with E-state index in [1.54, 1.807) is 0 Å². The molecule has 0 amide bonds. The number of carbonyl (C=O) groups is 1. The lowest BCUT2D eigenvalue weighted by Crippen LogP contribution is -2.42. The molecule has 1 nitrogen and oxygen atoms in total. The van der Waals surface area contributed by atoms with Crippen molar-refractivity contribution < 1.29 is 4.79 Å². The van der Waals surface area contributed by atoms with Crippen molar-refractivity contribution in [2.24, 2.45) is 16.2 Å². The van der Waals surface area contributed by atoms with E-state index < -0.39 is 0 Å². The molecule has 0 N–H and O–H groups in total. The minimum Gasteiger partial charge on any atom is -0.298 e. The van der Waals surface area contributed by atoms with Crippen LogP contribution >= 0.6 is 0 Å². The summed E-state index contributed by atoms with van der Waals surface area (Å²) >= 11 is 0. The zero-order chi connectivity index (χ0) is 11.2. The van der Waals surface area contributed by atoms with Crippen molar-refractivity contribution in [3.05, 3.63) is 0 Å². The van der Waals surface area contributed by atoms with Crippen LogP contribution in [-0.4, -0.2) is 5.78 Å². The van der Waals surface area contributed by atoms with Gasteiger partial charge in [0.25, 0.3) is 0 Å². The standard InChI is InChI=1S/C13H24O/c1-7-13(11(2,3)4)9-8-12(5,6)10(13)14/h7-9H2,1-6H3. The highest BCUT2D eigenvalue weighted by Gasteiger charge is 2.56. The molecule has 0 saturated heterocycles. The van der Waals surface area contributed by atoms with Crippen LogP contribution in [0.5, 0.6) is 0 Å². The molecule has 1 saturated carbocycles. The maximum Gasteiger partial charge on any atom is 0.145 e. The first-order chi connectivity index (χ1) is 6.17. The largest absolute Gasteiger partial charge is 0.298 e. The molecule has 1 aliphatic carbocycles. The molecule has 1 aliphatic rings. The van der Waals surface area contributed by atoms with Crippen LogP contribution in [0.15, 0.2) is 0 Å². The highest BCUT2D eigenvalue weighted by Crippen LogP contribution is 2.56. The fourth-order valence-corrected chi connectivity index (χ4v) is 2.98. The van der Waals surface area contributed by atoms with Crippen LogP contribution in [0.3, 0.4) is 0 Å². The summed E-state index contributed by atoms with van der Waals surface area (Å²) in [7, 11) is 0. The number of rotatable bonds is 1. The fourth-order valence-electron chi connectivity index (χ4n) is 2.98. The van der Waals surface area contributed by atoms with Crippen molar-refractivity contribution in [1.82, 2.24) is 0 Å². The van der Waals surface area contributed by atoms with Gasteiger partial charge in [0.2, 0.25) is 0 Å². The predicted molar refractivity (Wildman–Crippen MR) is 60.2 cm³/mol. The number of ketones is 1. The molecule has 0 bridgehead atoms. The SMILES string of the molecule is CCC1(C(C)(C)C)CCC(C)(C)C1=O. The van der Waals surface area contributed by atoms with E-state index in [1.807, 2.05) is 0 Å². The first-order valence-electron chi connectivity index (χ1n) is 5.72. The summed E-state index contributed by atoms with van der Waals surface area (Å²) in [5, 5.41) is 0. The van der Waals surface area contributed by atoms with Crippen molar-refractivity contribution in [3.63, 3.8) is 0 Å². The van der Waals surface area contributed by atoms with Crippen LogP contribution < -0.4 is 0 Å². The van der Waals surface area contributed by atoms with Gasteiger partial charge in [0, 0.05) is 10.8 Å². The highest BCUT2D eigenvalue weighted by atomic mass is 16.1. The lowest BCUT2D eigenvalue weighted by molar-refractivity contribution is -0.138. The average molecular weight is 196 g/mol. The summed E-state index contributed by atoms with van der Waals surface area (Å²) in [4.78, 5) is 12.4. The van der Waals surface area contributed by atoms with E-state index in [0.29, 0.717) is 5.78 Å². The molecule has 0 aromatic carbocycles. The predicted octanol–water partition coefficient (Wildman–Crippen LogP) is 3.82. The Kier molecular flexibility index (Phi) is 2.58. The summed E-state index contributed by atoms with van der Waals surface area (Å²) in [5.74, 6) is 0.486. The zero-order valence-electron chi connectivity index (χ0n) is 10.5. The van der Waals surface area contributed by atoms with Crippen molar-refractivity contribution in [2.45, 2.75) is 60.8 Å². The van der Waals surface area contributed by atoms with Gasteiger partial charge in [0.15, 0.2) is 0 Å². The molecule has 0 spiro atoms. The second-order valence-corrected chi connectivity index (χ2v) is 6.40. The third-order valence-corrected chi connectivity index (χ3v) is 4.27. The summed E-state index contributed by atoms with van der Waals surface area (Å²) in [5.41, 5.74) is -0.0631. The van der Waals surface area contributed by atoms with Gasteiger partial charge >= 0.3 is 0 Å². The summed E-state index contributed by atoms with van der Waals surface area (Å²) in [6, 6.07) is 0. The van der Waals surface area contributed by atoms with Gasteiger partial charge in [-0.05, 0) is 24.7 Å². The molecule has 0 heterocycles. The summed E-state index contributed by atoms with van der Waals surface area (Å²) in [6.07, 6.45) is 3.11. The van der Waals surface area contributed by atoms with Gasteiger partial charge in [-0.15, -0.1) is 0 Å². The zero-order valence-corrected chi connectivity index (χ0v) is 10.5. The molecule has 1 unspecified atom stereocenters. The van der Waals surface area contributed by atoms with Gasteiger partial charge in [-0.3, -0.25) is 4.79 Å². The maximum absolute atomic E-state index is 12.4. The van der Waals surface area contributed by atoms with Crippen molar-refractivity contribution in [2.75, 3.05) is 0 Å². The maximum atomic E-state index is 12.4.